The van der Waals surface area contributed by atoms with E-state index in [0.29, 0.717) is 12.1 Å². The minimum Gasteiger partial charge on any atom is -0.206 e. The lowest BCUT2D eigenvalue weighted by molar-refractivity contribution is -0.142. The van der Waals surface area contributed by atoms with Crippen molar-refractivity contribution in [3.8, 4) is 12.1 Å². The molecule has 0 spiro atoms. The number of hydrogen-bond donors (Lipinski definition) is 0. The molecule has 0 saturated heterocycles. The van der Waals surface area contributed by atoms with Crippen molar-refractivity contribution in [3.63, 3.8) is 0 Å². The molecule has 0 aromatic heterocycles. The molecule has 92 valence electrons. The van der Waals surface area contributed by atoms with Crippen molar-refractivity contribution in [2.75, 3.05) is 0 Å². The van der Waals surface area contributed by atoms with Crippen LogP contribution < -0.4 is 0 Å². The van der Waals surface area contributed by atoms with E-state index in [-0.39, 0.29) is 5.56 Å². The van der Waals surface area contributed by atoms with Gasteiger partial charge in [0, 0.05) is 0 Å². The summed E-state index contributed by atoms with van der Waals surface area (Å²) in [6.07, 6.45) is -4.37. The number of allylic oxidation sites excluding steroid dienone is 1. The molecule has 7 heteroatoms. The van der Waals surface area contributed by atoms with E-state index in [4.69, 9.17) is 10.5 Å². The van der Waals surface area contributed by atoms with E-state index in [1.54, 1.807) is 0 Å². The van der Waals surface area contributed by atoms with Crippen LogP contribution in [0.5, 0.6) is 0 Å². The van der Waals surface area contributed by atoms with Crippen LogP contribution in [0.25, 0.3) is 6.08 Å². The highest BCUT2D eigenvalue weighted by Crippen LogP contribution is 2.34. The Morgan fingerprint density at radius 1 is 1.06 bits per heavy atom. The summed E-state index contributed by atoms with van der Waals surface area (Å²) in [6, 6.07) is 3.64. The second-order valence-electron chi connectivity index (χ2n) is 3.14. The lowest BCUT2D eigenvalue weighted by Gasteiger charge is -2.09. The third-order valence-corrected chi connectivity index (χ3v) is 1.90. The summed E-state index contributed by atoms with van der Waals surface area (Å²) < 4.78 is 62.9. The Morgan fingerprint density at radius 2 is 1.50 bits per heavy atom. The lowest BCUT2D eigenvalue weighted by Crippen LogP contribution is -2.11. The van der Waals surface area contributed by atoms with Gasteiger partial charge in [-0.3, -0.25) is 0 Å². The SMILES string of the molecule is N#CC(C#N)=Cc1cc(F)c(C(F)(F)F)c(F)c1. The highest BCUT2D eigenvalue weighted by Gasteiger charge is 2.37. The fraction of sp³-hybridized carbons (Fsp3) is 0.0909. The summed E-state index contributed by atoms with van der Waals surface area (Å²) in [4.78, 5) is 0. The number of benzene rings is 1. The first-order valence-electron chi connectivity index (χ1n) is 4.37. The Labute approximate surface area is 98.2 Å². The fourth-order valence-electron chi connectivity index (χ4n) is 1.20. The molecule has 0 unspecified atom stereocenters. The normalized spacial score (nSPS) is 10.4. The Morgan fingerprint density at radius 3 is 1.83 bits per heavy atom. The Hall–Kier alpha value is -2.41. The summed E-state index contributed by atoms with van der Waals surface area (Å²) >= 11 is 0. The molecule has 18 heavy (non-hydrogen) atoms. The average Bonchev–Trinajstić information content (AvgIpc) is 2.22. The van der Waals surface area contributed by atoms with Gasteiger partial charge in [-0.05, 0) is 23.8 Å². The molecule has 0 N–H and O–H groups in total. The maximum Gasteiger partial charge on any atom is 0.422 e. The van der Waals surface area contributed by atoms with Crippen molar-refractivity contribution in [2.24, 2.45) is 0 Å². The predicted octanol–water partition coefficient (Wildman–Crippen LogP) is 3.41. The van der Waals surface area contributed by atoms with Crippen molar-refractivity contribution < 1.29 is 22.0 Å². The van der Waals surface area contributed by atoms with E-state index in [9.17, 15) is 22.0 Å². The minimum atomic E-state index is -5.15. The second-order valence-corrected chi connectivity index (χ2v) is 3.14. The van der Waals surface area contributed by atoms with E-state index in [1.807, 2.05) is 0 Å². The van der Waals surface area contributed by atoms with Crippen molar-refractivity contribution in [1.82, 2.24) is 0 Å². The van der Waals surface area contributed by atoms with Gasteiger partial charge in [0.1, 0.15) is 34.9 Å². The van der Waals surface area contributed by atoms with Crippen LogP contribution in [-0.4, -0.2) is 0 Å². The second kappa shape index (κ2) is 4.84. The quantitative estimate of drug-likeness (QED) is 0.572. The predicted molar refractivity (Wildman–Crippen MR) is 50.6 cm³/mol. The number of nitriles is 2. The summed E-state index contributed by atoms with van der Waals surface area (Å²) in [5.74, 6) is -3.60. The van der Waals surface area contributed by atoms with E-state index in [0.717, 1.165) is 6.08 Å². The van der Waals surface area contributed by atoms with Gasteiger partial charge in [0.25, 0.3) is 0 Å². The Balaban J connectivity index is 3.38. The smallest absolute Gasteiger partial charge is 0.206 e. The highest BCUT2D eigenvalue weighted by molar-refractivity contribution is 5.62. The Kier molecular flexibility index (Phi) is 3.67. The fourth-order valence-corrected chi connectivity index (χ4v) is 1.20. The van der Waals surface area contributed by atoms with Crippen LogP contribution in [0.15, 0.2) is 17.7 Å². The van der Waals surface area contributed by atoms with Crippen LogP contribution in [0.2, 0.25) is 0 Å². The zero-order chi connectivity index (χ0) is 13.9. The van der Waals surface area contributed by atoms with Crippen molar-refractivity contribution in [3.05, 3.63) is 40.5 Å². The molecule has 0 aliphatic carbocycles. The zero-order valence-electron chi connectivity index (χ0n) is 8.52. The molecule has 1 aromatic carbocycles. The number of nitrogens with zero attached hydrogens (tertiary/aromatic N) is 2. The Bertz CT molecular complexity index is 548. The highest BCUT2D eigenvalue weighted by atomic mass is 19.4. The third-order valence-electron chi connectivity index (χ3n) is 1.90. The van der Waals surface area contributed by atoms with Gasteiger partial charge in [0.15, 0.2) is 0 Å². The zero-order valence-corrected chi connectivity index (χ0v) is 8.52. The van der Waals surface area contributed by atoms with Crippen LogP contribution in [0.3, 0.4) is 0 Å². The molecular weight excluding hydrogens is 255 g/mol. The van der Waals surface area contributed by atoms with E-state index in [1.165, 1.54) is 12.1 Å². The van der Waals surface area contributed by atoms with Crippen LogP contribution in [0.1, 0.15) is 11.1 Å². The van der Waals surface area contributed by atoms with Gasteiger partial charge in [-0.15, -0.1) is 0 Å². The lowest BCUT2D eigenvalue weighted by atomic mass is 10.1. The van der Waals surface area contributed by atoms with E-state index >= 15 is 0 Å². The van der Waals surface area contributed by atoms with Gasteiger partial charge in [0.2, 0.25) is 0 Å². The van der Waals surface area contributed by atoms with Gasteiger partial charge >= 0.3 is 6.18 Å². The molecule has 0 saturated carbocycles. The first-order chi connectivity index (χ1) is 8.29. The van der Waals surface area contributed by atoms with Crippen LogP contribution >= 0.6 is 0 Å². The molecule has 0 aliphatic heterocycles. The number of alkyl halides is 3. The molecule has 0 fully saturated rings. The molecule has 0 amide bonds. The molecule has 0 bridgehead atoms. The minimum absolute atomic E-state index is 0.337. The van der Waals surface area contributed by atoms with Gasteiger partial charge in [-0.25, -0.2) is 8.78 Å². The number of rotatable bonds is 1. The van der Waals surface area contributed by atoms with E-state index in [2.05, 4.69) is 0 Å². The van der Waals surface area contributed by atoms with Crippen LogP contribution in [0, 0.1) is 34.3 Å². The van der Waals surface area contributed by atoms with Crippen molar-refractivity contribution >= 4 is 6.08 Å². The summed E-state index contributed by atoms with van der Waals surface area (Å²) in [7, 11) is 0. The topological polar surface area (TPSA) is 47.6 Å². The molecule has 0 aliphatic rings. The standard InChI is InChI=1S/C11H3F5N2/c12-8-2-6(1-7(4-17)5-18)3-9(13)10(8)11(14,15)16/h1-3H. The monoisotopic (exact) mass is 258 g/mol. The van der Waals surface area contributed by atoms with Crippen molar-refractivity contribution in [2.45, 2.75) is 6.18 Å². The van der Waals surface area contributed by atoms with Crippen molar-refractivity contribution in [1.29, 1.82) is 10.5 Å². The molecule has 0 radical (unpaired) electrons. The maximum absolute atomic E-state index is 13.1. The van der Waals surface area contributed by atoms with Gasteiger partial charge in [0.05, 0.1) is 0 Å². The van der Waals surface area contributed by atoms with Gasteiger partial charge < -0.3 is 0 Å². The van der Waals surface area contributed by atoms with E-state index < -0.39 is 28.9 Å². The van der Waals surface area contributed by atoms with Gasteiger partial charge in [-0.1, -0.05) is 0 Å². The van der Waals surface area contributed by atoms with Crippen LogP contribution in [-0.2, 0) is 6.18 Å². The molecule has 1 rings (SSSR count). The van der Waals surface area contributed by atoms with Crippen LogP contribution in [0.4, 0.5) is 22.0 Å². The molecule has 0 heterocycles. The molecule has 1 aromatic rings. The maximum atomic E-state index is 13.1. The molecular formula is C11H3F5N2. The first-order valence-corrected chi connectivity index (χ1v) is 4.37. The summed E-state index contributed by atoms with van der Waals surface area (Å²) in [6.45, 7) is 0. The number of halogens is 5. The first kappa shape index (κ1) is 13.7. The molecule has 0 atom stereocenters. The average molecular weight is 258 g/mol. The number of hydrogen-bond acceptors (Lipinski definition) is 2. The summed E-state index contributed by atoms with van der Waals surface area (Å²) in [5.41, 5.74) is -2.82. The largest absolute Gasteiger partial charge is 0.422 e. The summed E-state index contributed by atoms with van der Waals surface area (Å²) in [5, 5.41) is 16.8. The third kappa shape index (κ3) is 2.83. The molecule has 2 nitrogen and oxygen atoms in total. The van der Waals surface area contributed by atoms with Gasteiger partial charge in [-0.2, -0.15) is 23.7 Å².